The molecule has 1 N–H and O–H groups in total. The van der Waals surface area contributed by atoms with Crippen molar-refractivity contribution >= 4 is 46.5 Å². The topological polar surface area (TPSA) is 68.0 Å². The van der Waals surface area contributed by atoms with Crippen molar-refractivity contribution in [1.82, 2.24) is 10.2 Å². The van der Waals surface area contributed by atoms with Gasteiger partial charge in [0, 0.05) is 5.92 Å². The highest BCUT2D eigenvalue weighted by Gasteiger charge is 2.23. The van der Waals surface area contributed by atoms with Crippen LogP contribution in [0.1, 0.15) is 32.1 Å². The highest BCUT2D eigenvalue weighted by atomic mass is 35.5. The van der Waals surface area contributed by atoms with Crippen LogP contribution >= 0.6 is 34.5 Å². The second-order valence-corrected chi connectivity index (χ2v) is 7.26. The second-order valence-electron chi connectivity index (χ2n) is 4.97. The minimum absolute atomic E-state index is 0.0354. The number of carbonyl (C=O) groups excluding carboxylic acids is 1. The summed E-state index contributed by atoms with van der Waals surface area (Å²) in [5.41, 5.74) is 0.581. The fraction of sp³-hybridized carbons (Fsp3) is 0.462. The predicted octanol–water partition coefficient (Wildman–Crippen LogP) is 4.62. The summed E-state index contributed by atoms with van der Waals surface area (Å²) in [7, 11) is 0. The zero-order chi connectivity index (χ0) is 14.8. The molecule has 112 valence electrons. The van der Waals surface area contributed by atoms with Crippen LogP contribution in [-0.2, 0) is 4.79 Å². The summed E-state index contributed by atoms with van der Waals surface area (Å²) in [5.74, 6) is 0.231. The summed E-state index contributed by atoms with van der Waals surface area (Å²) in [4.78, 5) is 12.1. The number of anilines is 1. The van der Waals surface area contributed by atoms with E-state index in [4.69, 9.17) is 27.6 Å². The molecule has 0 spiro atoms. The van der Waals surface area contributed by atoms with Gasteiger partial charge in [0.15, 0.2) is 0 Å². The Labute approximate surface area is 135 Å². The first-order chi connectivity index (χ1) is 10.1. The van der Waals surface area contributed by atoms with Crippen LogP contribution in [0.2, 0.25) is 8.67 Å². The standard InChI is InChI=1S/C13H13Cl2N3O2S/c14-9-6-8(10(15)21-9)12-17-18-13(20-12)16-11(19)7-4-2-1-3-5-7/h6-7H,1-5H2,(H,16,18,19). The van der Waals surface area contributed by atoms with E-state index < -0.39 is 0 Å². The Morgan fingerprint density at radius 3 is 2.71 bits per heavy atom. The molecule has 0 aliphatic heterocycles. The van der Waals surface area contributed by atoms with Crippen molar-refractivity contribution in [2.24, 2.45) is 5.92 Å². The smallest absolute Gasteiger partial charge is 0.322 e. The summed E-state index contributed by atoms with van der Waals surface area (Å²) in [6.45, 7) is 0. The Hall–Kier alpha value is -1.11. The zero-order valence-electron chi connectivity index (χ0n) is 11.1. The van der Waals surface area contributed by atoms with Crippen molar-refractivity contribution in [1.29, 1.82) is 0 Å². The molecule has 3 rings (SSSR count). The Kier molecular flexibility index (Phi) is 4.47. The van der Waals surface area contributed by atoms with E-state index in [1.165, 1.54) is 17.8 Å². The molecule has 0 bridgehead atoms. The number of hydrogen-bond acceptors (Lipinski definition) is 5. The minimum Gasteiger partial charge on any atom is -0.403 e. The number of halogens is 2. The van der Waals surface area contributed by atoms with Crippen LogP contribution in [-0.4, -0.2) is 16.1 Å². The molecule has 5 nitrogen and oxygen atoms in total. The highest BCUT2D eigenvalue weighted by Crippen LogP contribution is 2.37. The molecular weight excluding hydrogens is 333 g/mol. The number of aromatic nitrogens is 2. The lowest BCUT2D eigenvalue weighted by molar-refractivity contribution is -0.120. The van der Waals surface area contributed by atoms with Crippen molar-refractivity contribution in [3.63, 3.8) is 0 Å². The maximum Gasteiger partial charge on any atom is 0.322 e. The van der Waals surface area contributed by atoms with Crippen LogP contribution in [0, 0.1) is 5.92 Å². The van der Waals surface area contributed by atoms with Gasteiger partial charge in [0.1, 0.15) is 4.34 Å². The van der Waals surface area contributed by atoms with E-state index in [-0.39, 0.29) is 23.7 Å². The van der Waals surface area contributed by atoms with Crippen molar-refractivity contribution < 1.29 is 9.21 Å². The summed E-state index contributed by atoms with van der Waals surface area (Å²) < 4.78 is 6.46. The summed E-state index contributed by atoms with van der Waals surface area (Å²) in [6, 6.07) is 1.76. The van der Waals surface area contributed by atoms with Gasteiger partial charge in [-0.3, -0.25) is 10.1 Å². The molecule has 0 aromatic carbocycles. The first-order valence-electron chi connectivity index (χ1n) is 6.73. The van der Waals surface area contributed by atoms with Gasteiger partial charge in [0.05, 0.1) is 9.90 Å². The van der Waals surface area contributed by atoms with Gasteiger partial charge in [0.25, 0.3) is 5.89 Å². The van der Waals surface area contributed by atoms with E-state index in [1.807, 2.05) is 0 Å². The molecule has 0 saturated heterocycles. The van der Waals surface area contributed by atoms with Gasteiger partial charge in [-0.15, -0.1) is 16.4 Å². The van der Waals surface area contributed by atoms with Gasteiger partial charge in [-0.2, -0.15) is 0 Å². The van der Waals surface area contributed by atoms with Gasteiger partial charge in [-0.1, -0.05) is 47.6 Å². The van der Waals surface area contributed by atoms with Crippen molar-refractivity contribution in [3.8, 4) is 11.5 Å². The van der Waals surface area contributed by atoms with Crippen LogP contribution < -0.4 is 5.32 Å². The Bertz CT molecular complexity index is 650. The molecule has 2 aromatic heterocycles. The molecule has 2 aromatic rings. The summed E-state index contributed by atoms with van der Waals surface area (Å²) in [5, 5.41) is 10.4. The molecule has 0 atom stereocenters. The maximum atomic E-state index is 12.1. The predicted molar refractivity (Wildman–Crippen MR) is 82.8 cm³/mol. The fourth-order valence-corrected chi connectivity index (χ4v) is 3.89. The average molecular weight is 346 g/mol. The molecule has 1 saturated carbocycles. The second kappa shape index (κ2) is 6.34. The number of amides is 1. The largest absolute Gasteiger partial charge is 0.403 e. The highest BCUT2D eigenvalue weighted by molar-refractivity contribution is 7.20. The zero-order valence-corrected chi connectivity index (χ0v) is 13.4. The van der Waals surface area contributed by atoms with Crippen molar-refractivity contribution in [2.75, 3.05) is 5.32 Å². The van der Waals surface area contributed by atoms with Gasteiger partial charge >= 0.3 is 6.01 Å². The van der Waals surface area contributed by atoms with Gasteiger partial charge in [0.2, 0.25) is 5.91 Å². The maximum absolute atomic E-state index is 12.1. The molecule has 8 heteroatoms. The lowest BCUT2D eigenvalue weighted by Crippen LogP contribution is -2.24. The molecule has 0 radical (unpaired) electrons. The lowest BCUT2D eigenvalue weighted by atomic mass is 9.89. The fourth-order valence-electron chi connectivity index (χ4n) is 2.44. The molecule has 2 heterocycles. The molecule has 0 unspecified atom stereocenters. The minimum atomic E-state index is -0.0562. The van der Waals surface area contributed by atoms with Crippen LogP contribution in [0.25, 0.3) is 11.5 Å². The van der Waals surface area contributed by atoms with Crippen molar-refractivity contribution in [3.05, 3.63) is 14.7 Å². The van der Waals surface area contributed by atoms with E-state index in [1.54, 1.807) is 6.07 Å². The van der Waals surface area contributed by atoms with E-state index in [0.717, 1.165) is 25.7 Å². The summed E-state index contributed by atoms with van der Waals surface area (Å²) >= 11 is 13.1. The Morgan fingerprint density at radius 1 is 1.29 bits per heavy atom. The third kappa shape index (κ3) is 3.39. The molecule has 21 heavy (non-hydrogen) atoms. The third-order valence-electron chi connectivity index (χ3n) is 3.52. The normalized spacial score (nSPS) is 16.1. The SMILES string of the molecule is O=C(Nc1nnc(-c2cc(Cl)sc2Cl)o1)C1CCCCC1. The molecule has 1 aliphatic rings. The van der Waals surface area contributed by atoms with E-state index in [9.17, 15) is 4.79 Å². The number of nitrogens with one attached hydrogen (secondary N) is 1. The van der Waals surface area contributed by atoms with Gasteiger partial charge in [-0.05, 0) is 18.9 Å². The average Bonchev–Trinajstić information content (AvgIpc) is 3.06. The van der Waals surface area contributed by atoms with E-state index in [2.05, 4.69) is 15.5 Å². The van der Waals surface area contributed by atoms with E-state index in [0.29, 0.717) is 14.2 Å². The van der Waals surface area contributed by atoms with Crippen LogP contribution in [0.5, 0.6) is 0 Å². The van der Waals surface area contributed by atoms with Gasteiger partial charge in [-0.25, -0.2) is 0 Å². The molecular formula is C13H13Cl2N3O2S. The van der Waals surface area contributed by atoms with Crippen LogP contribution in [0.15, 0.2) is 10.5 Å². The number of thiophene rings is 1. The molecule has 1 amide bonds. The number of nitrogens with zero attached hydrogens (tertiary/aromatic N) is 2. The quantitative estimate of drug-likeness (QED) is 0.880. The first kappa shape index (κ1) is 14.8. The Morgan fingerprint density at radius 2 is 2.05 bits per heavy atom. The first-order valence-corrected chi connectivity index (χ1v) is 8.30. The summed E-state index contributed by atoms with van der Waals surface area (Å²) in [6.07, 6.45) is 5.22. The number of rotatable bonds is 3. The number of carbonyl (C=O) groups is 1. The molecule has 1 fully saturated rings. The van der Waals surface area contributed by atoms with Crippen molar-refractivity contribution in [2.45, 2.75) is 32.1 Å². The third-order valence-corrected chi connectivity index (χ3v) is 5.01. The monoisotopic (exact) mass is 345 g/mol. The lowest BCUT2D eigenvalue weighted by Gasteiger charge is -2.19. The Balaban J connectivity index is 1.70. The van der Waals surface area contributed by atoms with Crippen LogP contribution in [0.4, 0.5) is 6.01 Å². The van der Waals surface area contributed by atoms with Gasteiger partial charge < -0.3 is 4.42 Å². The molecule has 1 aliphatic carbocycles. The van der Waals surface area contributed by atoms with Crippen LogP contribution in [0.3, 0.4) is 0 Å². The number of hydrogen-bond donors (Lipinski definition) is 1. The van der Waals surface area contributed by atoms with E-state index >= 15 is 0 Å².